The van der Waals surface area contributed by atoms with E-state index in [2.05, 4.69) is 260 Å². The van der Waals surface area contributed by atoms with Crippen molar-refractivity contribution in [1.29, 1.82) is 0 Å². The van der Waals surface area contributed by atoms with Crippen molar-refractivity contribution in [2.45, 2.75) is 330 Å². The van der Waals surface area contributed by atoms with E-state index >= 15 is 0 Å². The fourth-order valence-corrected chi connectivity index (χ4v) is 21.7. The summed E-state index contributed by atoms with van der Waals surface area (Å²) in [5.74, 6) is 3.25. The number of phenolic OH excluding ortho intramolecular Hbond substituents is 2. The molecule has 9 heterocycles. The molecule has 0 amide bonds. The summed E-state index contributed by atoms with van der Waals surface area (Å²) < 4.78 is 80.3. The van der Waals surface area contributed by atoms with Crippen LogP contribution in [0.1, 0.15) is 249 Å². The highest BCUT2D eigenvalue weighted by atomic mass is 35.5. The minimum atomic E-state index is -4.25. The van der Waals surface area contributed by atoms with Crippen LogP contribution in [-0.2, 0) is 49.6 Å². The van der Waals surface area contributed by atoms with Crippen LogP contribution < -0.4 is 21.3 Å². The molecule has 0 aliphatic carbocycles. The number of nitrogens with one attached hydrogen (secondary N) is 4. The third-order valence-corrected chi connectivity index (χ3v) is 31.5. The maximum atomic E-state index is 12.5. The molecule has 9 aliphatic heterocycles. The van der Waals surface area contributed by atoms with Crippen molar-refractivity contribution in [3.8, 4) is 11.5 Å². The van der Waals surface area contributed by atoms with Crippen molar-refractivity contribution in [2.24, 2.45) is 23.7 Å². The van der Waals surface area contributed by atoms with Crippen LogP contribution in [-0.4, -0.2) is 312 Å². The van der Waals surface area contributed by atoms with Gasteiger partial charge in [0.05, 0.1) is 25.3 Å². The average molecular weight is 2040 g/mol. The lowest BCUT2D eigenvalue weighted by atomic mass is 9.97. The lowest BCUT2D eigenvalue weighted by molar-refractivity contribution is -0.144. The molecular formula is C118H190Cl2F6N14O3. The second kappa shape index (κ2) is 56.5. The number of fused-ring (bicyclic) bond motifs is 2. The number of hydrogen-bond donors (Lipinski definition) is 6. The van der Waals surface area contributed by atoms with Gasteiger partial charge in [-0.15, -0.1) is 0 Å². The number of rotatable bonds is 26. The van der Waals surface area contributed by atoms with E-state index in [0.717, 1.165) is 157 Å². The van der Waals surface area contributed by atoms with Gasteiger partial charge in [-0.05, 0) is 393 Å². The molecule has 17 nitrogen and oxygen atoms in total. The molecule has 15 rings (SSSR count). The van der Waals surface area contributed by atoms with Crippen molar-refractivity contribution in [2.75, 3.05) is 177 Å². The first kappa shape index (κ1) is 121. The summed E-state index contributed by atoms with van der Waals surface area (Å²) in [6.07, 6.45) is 9.12. The Bertz CT molecular complexity index is 4360. The lowest BCUT2D eigenvalue weighted by Gasteiger charge is -2.43. The van der Waals surface area contributed by atoms with Crippen molar-refractivity contribution in [3.63, 3.8) is 0 Å². The number of alkyl halides is 6. The van der Waals surface area contributed by atoms with Crippen LogP contribution in [0.15, 0.2) is 152 Å². The van der Waals surface area contributed by atoms with E-state index in [0.29, 0.717) is 101 Å². The van der Waals surface area contributed by atoms with Crippen LogP contribution >= 0.6 is 23.2 Å². The largest absolute Gasteiger partial charge is 0.508 e. The number of halogens is 8. The van der Waals surface area contributed by atoms with Gasteiger partial charge in [-0.2, -0.15) is 26.3 Å². The molecule has 0 bridgehead atoms. The van der Waals surface area contributed by atoms with Crippen LogP contribution in [0.2, 0.25) is 10.0 Å². The lowest BCUT2D eigenvalue weighted by Crippen LogP contribution is -2.50. The molecule has 0 aromatic heterocycles. The van der Waals surface area contributed by atoms with E-state index < -0.39 is 24.5 Å². The molecule has 0 radical (unpaired) electrons. The van der Waals surface area contributed by atoms with E-state index in [1.54, 1.807) is 41.3 Å². The van der Waals surface area contributed by atoms with E-state index in [1.807, 2.05) is 60.7 Å². The molecule has 9 aliphatic rings. The van der Waals surface area contributed by atoms with Crippen molar-refractivity contribution in [3.05, 3.63) is 201 Å². The van der Waals surface area contributed by atoms with Crippen molar-refractivity contribution in [1.82, 2.24) is 70.3 Å². The van der Waals surface area contributed by atoms with E-state index in [9.17, 15) is 36.6 Å². The second-order valence-corrected chi connectivity index (χ2v) is 50.1. The Balaban J connectivity index is 0.000000186. The summed E-state index contributed by atoms with van der Waals surface area (Å²) >= 11 is 11.8. The van der Waals surface area contributed by atoms with Gasteiger partial charge in [0.2, 0.25) is 0 Å². The third kappa shape index (κ3) is 44.5. The number of likely N-dealkylation sites (N-methyl/N-ethyl adjacent to an activating group) is 1. The maximum absolute atomic E-state index is 12.5. The molecule has 4 atom stereocenters. The van der Waals surface area contributed by atoms with Gasteiger partial charge in [-0.25, -0.2) is 0 Å². The Morgan fingerprint density at radius 2 is 0.587 bits per heavy atom. The summed E-state index contributed by atoms with van der Waals surface area (Å²) in [6.45, 7) is 74.8. The normalized spacial score (nSPS) is 21.3. The van der Waals surface area contributed by atoms with Crippen LogP contribution in [0.5, 0.6) is 11.5 Å². The Kier molecular flexibility index (Phi) is 47.8. The van der Waals surface area contributed by atoms with E-state index in [4.69, 9.17) is 27.9 Å². The number of piperidine rings is 5. The van der Waals surface area contributed by atoms with Crippen LogP contribution in [0.4, 0.5) is 26.3 Å². The first-order valence-corrected chi connectivity index (χ1v) is 55.0. The highest BCUT2D eigenvalue weighted by Gasteiger charge is 2.47. The number of likely N-dealkylation sites (tertiary alicyclic amines) is 9. The van der Waals surface area contributed by atoms with Gasteiger partial charge in [0.1, 0.15) is 11.5 Å². The first-order valence-electron chi connectivity index (χ1n) is 54.3. The van der Waals surface area contributed by atoms with Crippen LogP contribution in [0.3, 0.4) is 0 Å². The highest BCUT2D eigenvalue weighted by molar-refractivity contribution is 6.30. The predicted octanol–water partition coefficient (Wildman–Crippen LogP) is 22.6. The van der Waals surface area contributed by atoms with Gasteiger partial charge >= 0.3 is 12.4 Å². The van der Waals surface area contributed by atoms with Gasteiger partial charge in [-0.1, -0.05) is 114 Å². The highest BCUT2D eigenvalue weighted by Crippen LogP contribution is 2.39. The quantitative estimate of drug-likeness (QED) is 0.0227. The predicted molar refractivity (Wildman–Crippen MR) is 587 cm³/mol. The zero-order chi connectivity index (χ0) is 105. The Morgan fingerprint density at radius 1 is 0.322 bits per heavy atom. The molecule has 6 aromatic carbocycles. The van der Waals surface area contributed by atoms with E-state index in [-0.39, 0.29) is 11.1 Å². The summed E-state index contributed by atoms with van der Waals surface area (Å²) in [7, 11) is 2.25. The number of hydrogen-bond acceptors (Lipinski definition) is 17. The minimum absolute atomic E-state index is 0.138. The molecule has 0 saturated carbocycles. The molecular weight excluding hydrogens is 1850 g/mol. The molecule has 806 valence electrons. The molecule has 9 saturated heterocycles. The molecule has 25 heteroatoms. The first-order chi connectivity index (χ1) is 67.0. The monoisotopic (exact) mass is 2040 g/mol. The van der Waals surface area contributed by atoms with Gasteiger partial charge in [0.15, 0.2) is 0 Å². The second-order valence-electron chi connectivity index (χ2n) is 49.2. The molecule has 6 N–H and O–H groups in total. The molecule has 9 fully saturated rings. The fourth-order valence-electron chi connectivity index (χ4n) is 21.5. The van der Waals surface area contributed by atoms with Gasteiger partial charge in [0.25, 0.3) is 0 Å². The molecule has 0 unspecified atom stereocenters. The van der Waals surface area contributed by atoms with Crippen LogP contribution in [0.25, 0.3) is 0 Å². The van der Waals surface area contributed by atoms with Gasteiger partial charge in [0, 0.05) is 210 Å². The van der Waals surface area contributed by atoms with Crippen molar-refractivity contribution >= 4 is 23.2 Å². The number of benzene rings is 6. The van der Waals surface area contributed by atoms with Crippen LogP contribution in [0, 0.1) is 23.7 Å². The zero-order valence-corrected chi connectivity index (χ0v) is 93.6. The van der Waals surface area contributed by atoms with Gasteiger partial charge < -0.3 is 46.0 Å². The Morgan fingerprint density at radius 3 is 0.881 bits per heavy atom. The standard InChI is InChI=1S/C19H29ClN2O.C18H27F3N2.C18H30N2O.C17H27ClN2.C17H28N2O.C17H28N2.C12H21F3N2/c1-19(2,3)22-12-16-10-21(11-17(16)13-22)8-9-23-14-15-4-6-18(20)7-5-15;1-17(2,3)23-12-9-16(10-13-23)22-11-8-14-4-6-15(7-5-14)18(19,20)21;1-18(2,3)20-13-10-16(11-14-20)19(4)12-9-15-5-7-17(21)8-6-15;1-17(2,3)20-12-9-16(10-13-20)19-11-8-14-4-6-15(18)7-5-14;1-17(2,3)19-12-9-15(10-13-19)18-11-8-14-4-6-16(20)7-5-14;1-17(2,3)19-13-10-16(11-14-19)18-12-9-15-7-5-4-6-8-15;1-11(2,3)17-6-9-4-16(5-10(9)7-17)8-12(13,14)15/h4-7,16-17H,8-14H2,1-3H3;4-7,16,22H,8-13H2,1-3H3;5-8,16,21H,9-14H2,1-4H3;4-7,16,19H,8-13H2,1-3H3;4-7,15,18,20H,8-13H2,1-3H3;4-8,16,18H,9-14H2,1-3H3;9-10H,4-8H2,1-3H3/t16-,17+;;;;;;9-,10+. The number of aromatic hydroxyl groups is 2. The smallest absolute Gasteiger partial charge is 0.416 e. The third-order valence-electron chi connectivity index (χ3n) is 31.0. The summed E-state index contributed by atoms with van der Waals surface area (Å²) in [6, 6.07) is 50.7. The number of ether oxygens (including phenoxy) is 1. The fraction of sp³-hybridized carbons (Fsp3) is 0.695. The Hall–Kier alpha value is -5.52. The number of nitrogens with zero attached hydrogens (tertiary/aromatic N) is 10. The SMILES string of the molecule is CC(C)(C)N1CCC(NCCc2ccc(C(F)(F)F)cc2)CC1.CC(C)(C)N1CCC(NCCc2ccc(Cl)cc2)CC1.CC(C)(C)N1CCC(NCCc2ccc(O)cc2)CC1.CC(C)(C)N1CCC(NCCc2ccccc2)CC1.CC(C)(C)N1C[C@H]2CN(CC(F)(F)F)C[C@H]2C1.CC(C)(C)N1C[C@H]2CN(CCOCc3ccc(Cl)cc3)C[C@H]2C1.CN(CCc1ccc(O)cc1)C1CCN(C(C)(C)C)CC1. The molecule has 0 spiro atoms. The zero-order valence-electron chi connectivity index (χ0n) is 92.1. The summed E-state index contributed by atoms with van der Waals surface area (Å²) in [5.41, 5.74) is 8.84. The molecule has 143 heavy (non-hydrogen) atoms. The maximum Gasteiger partial charge on any atom is 0.416 e. The van der Waals surface area contributed by atoms with Crippen molar-refractivity contribution < 1.29 is 41.3 Å². The topological polar surface area (TPSA) is 130 Å². The Labute approximate surface area is 872 Å². The summed E-state index contributed by atoms with van der Waals surface area (Å²) in [5, 5.41) is 34.8. The summed E-state index contributed by atoms with van der Waals surface area (Å²) in [4.78, 5) is 24.6. The minimum Gasteiger partial charge on any atom is -0.508 e. The van der Waals surface area contributed by atoms with E-state index in [1.165, 1.54) is 158 Å². The number of phenols is 2. The molecule has 6 aromatic rings. The van der Waals surface area contributed by atoms with Gasteiger partial charge in [-0.3, -0.25) is 39.2 Å². The average Bonchev–Trinajstić information content (AvgIpc) is 1.65.